The number of aromatic nitrogens is 5. The number of hydrogen-bond donors (Lipinski definition) is 2. The first-order chi connectivity index (χ1) is 13.9. The Morgan fingerprint density at radius 1 is 1.10 bits per heavy atom. The quantitative estimate of drug-likeness (QED) is 0.542. The molecule has 0 bridgehead atoms. The Kier molecular flexibility index (Phi) is 3.70. The molecular weight excluding hydrogens is 385 g/mol. The molecule has 3 heterocycles. The number of H-pyrrole nitrogens is 1. The molecule has 0 saturated carbocycles. The lowest BCUT2D eigenvalue weighted by Gasteiger charge is -2.34. The van der Waals surface area contributed by atoms with Crippen LogP contribution in [0.2, 0.25) is 0 Å². The van der Waals surface area contributed by atoms with Crippen LogP contribution in [-0.4, -0.2) is 25.0 Å². The third-order valence-electron chi connectivity index (χ3n) is 5.10. The first kappa shape index (κ1) is 17.4. The highest BCUT2D eigenvalue weighted by atomic mass is 19.1. The highest BCUT2D eigenvalue weighted by molar-refractivity contribution is 5.97. The molecule has 5 rings (SSSR count). The molecule has 2 aromatic heterocycles. The van der Waals surface area contributed by atoms with Crippen molar-refractivity contribution >= 4 is 16.5 Å². The van der Waals surface area contributed by atoms with Crippen LogP contribution in [0.3, 0.4) is 0 Å². The van der Waals surface area contributed by atoms with Gasteiger partial charge in [-0.05, 0) is 25.1 Å². The Morgan fingerprint density at radius 2 is 1.93 bits per heavy atom. The van der Waals surface area contributed by atoms with Gasteiger partial charge in [0.25, 0.3) is 5.56 Å². The van der Waals surface area contributed by atoms with Crippen LogP contribution in [-0.2, 0) is 0 Å². The summed E-state index contributed by atoms with van der Waals surface area (Å²) in [6, 6.07) is 4.03. The van der Waals surface area contributed by atoms with Gasteiger partial charge in [-0.25, -0.2) is 27.9 Å². The maximum absolute atomic E-state index is 14.7. The summed E-state index contributed by atoms with van der Waals surface area (Å²) in [6.07, 6.45) is 1.34. The second-order valence-electron chi connectivity index (χ2n) is 6.80. The Balaban J connectivity index is 1.84. The molecule has 4 aromatic rings. The Morgan fingerprint density at radius 3 is 2.66 bits per heavy atom. The second kappa shape index (κ2) is 6.16. The summed E-state index contributed by atoms with van der Waals surface area (Å²) >= 11 is 0. The van der Waals surface area contributed by atoms with Gasteiger partial charge < -0.3 is 5.32 Å². The van der Waals surface area contributed by atoms with Gasteiger partial charge in [0.05, 0.1) is 17.1 Å². The topological polar surface area (TPSA) is 88.5 Å². The number of nitrogens with zero attached hydrogens (tertiary/aromatic N) is 4. The predicted octanol–water partition coefficient (Wildman–Crippen LogP) is 3.00. The van der Waals surface area contributed by atoms with Gasteiger partial charge in [0.1, 0.15) is 35.6 Å². The Labute approximate surface area is 161 Å². The SMILES string of the molecule is Cc1ncnn1C1c2n[nH]c(=O)c3cc(F)cc(c23)NC1c1ccc(F)cc1F. The van der Waals surface area contributed by atoms with Crippen LogP contribution in [0.4, 0.5) is 18.9 Å². The van der Waals surface area contributed by atoms with E-state index in [0.717, 1.165) is 18.2 Å². The van der Waals surface area contributed by atoms with Crippen molar-refractivity contribution in [2.45, 2.75) is 19.0 Å². The fraction of sp³-hybridized carbons (Fsp3) is 0.158. The number of halogens is 3. The number of anilines is 1. The van der Waals surface area contributed by atoms with Crippen molar-refractivity contribution in [3.05, 3.63) is 81.5 Å². The molecule has 0 fully saturated rings. The molecule has 0 spiro atoms. The summed E-state index contributed by atoms with van der Waals surface area (Å²) in [5.41, 5.74) is 0.251. The van der Waals surface area contributed by atoms with Crippen molar-refractivity contribution < 1.29 is 13.2 Å². The number of aryl methyl sites for hydroxylation is 1. The minimum atomic E-state index is -0.813. The van der Waals surface area contributed by atoms with Crippen molar-refractivity contribution in [1.29, 1.82) is 0 Å². The van der Waals surface area contributed by atoms with Crippen molar-refractivity contribution in [1.82, 2.24) is 25.0 Å². The molecule has 1 aliphatic heterocycles. The molecule has 0 saturated heterocycles. The van der Waals surface area contributed by atoms with E-state index in [-0.39, 0.29) is 16.6 Å². The van der Waals surface area contributed by atoms with Crippen LogP contribution in [0.1, 0.15) is 29.2 Å². The largest absolute Gasteiger partial charge is 0.375 e. The van der Waals surface area contributed by atoms with Crippen molar-refractivity contribution in [2.75, 3.05) is 5.32 Å². The number of benzene rings is 2. The van der Waals surface area contributed by atoms with Crippen molar-refractivity contribution in [3.8, 4) is 0 Å². The van der Waals surface area contributed by atoms with Crippen LogP contribution >= 0.6 is 0 Å². The fourth-order valence-corrected chi connectivity index (χ4v) is 3.86. The van der Waals surface area contributed by atoms with Gasteiger partial charge in [-0.3, -0.25) is 4.79 Å². The van der Waals surface area contributed by atoms with E-state index in [1.807, 2.05) is 0 Å². The standard InChI is InChI=1S/C19H13F3N6O/c1-8-23-7-24-28(8)18-16(11-3-2-9(20)5-13(11)22)25-14-6-10(21)4-12-15(14)17(18)26-27-19(12)29/h2-7,16,18,25H,1H3,(H,27,29). The minimum absolute atomic E-state index is 0.110. The van der Waals surface area contributed by atoms with E-state index in [4.69, 9.17) is 0 Å². The van der Waals surface area contributed by atoms with Crippen LogP contribution in [0.15, 0.2) is 41.5 Å². The molecule has 2 N–H and O–H groups in total. The van der Waals surface area contributed by atoms with Crippen LogP contribution in [0, 0.1) is 24.4 Å². The van der Waals surface area contributed by atoms with E-state index in [9.17, 15) is 18.0 Å². The predicted molar refractivity (Wildman–Crippen MR) is 97.9 cm³/mol. The summed E-state index contributed by atoms with van der Waals surface area (Å²) < 4.78 is 43.9. The lowest BCUT2D eigenvalue weighted by Crippen LogP contribution is -2.33. The molecule has 0 radical (unpaired) electrons. The molecule has 10 heteroatoms. The van der Waals surface area contributed by atoms with Gasteiger partial charge in [0.15, 0.2) is 0 Å². The van der Waals surface area contributed by atoms with Gasteiger partial charge in [0, 0.05) is 22.7 Å². The number of aromatic amines is 1. The molecular formula is C19H13F3N6O. The molecule has 2 atom stereocenters. The van der Waals surface area contributed by atoms with E-state index in [2.05, 4.69) is 25.6 Å². The van der Waals surface area contributed by atoms with E-state index in [0.29, 0.717) is 16.9 Å². The third kappa shape index (κ3) is 2.59. The van der Waals surface area contributed by atoms with Gasteiger partial charge >= 0.3 is 0 Å². The lowest BCUT2D eigenvalue weighted by atomic mass is 9.89. The van der Waals surface area contributed by atoms with E-state index < -0.39 is 35.1 Å². The van der Waals surface area contributed by atoms with Crippen LogP contribution in [0.25, 0.3) is 10.8 Å². The van der Waals surface area contributed by atoms with Gasteiger partial charge in [-0.15, -0.1) is 0 Å². The third-order valence-corrected chi connectivity index (χ3v) is 5.10. The summed E-state index contributed by atoms with van der Waals surface area (Å²) in [6.45, 7) is 1.72. The summed E-state index contributed by atoms with van der Waals surface area (Å²) in [4.78, 5) is 16.3. The zero-order chi connectivity index (χ0) is 20.3. The molecule has 0 aliphatic carbocycles. The average molecular weight is 398 g/mol. The number of nitrogens with one attached hydrogen (secondary N) is 2. The number of hydrogen-bond acceptors (Lipinski definition) is 5. The maximum atomic E-state index is 14.7. The molecule has 29 heavy (non-hydrogen) atoms. The Bertz CT molecular complexity index is 1330. The van der Waals surface area contributed by atoms with Crippen LogP contribution < -0.4 is 10.9 Å². The molecule has 1 aliphatic rings. The zero-order valence-electron chi connectivity index (χ0n) is 14.9. The lowest BCUT2D eigenvalue weighted by molar-refractivity contribution is 0.425. The molecule has 146 valence electrons. The molecule has 7 nitrogen and oxygen atoms in total. The van der Waals surface area contributed by atoms with Gasteiger partial charge in [-0.1, -0.05) is 6.07 Å². The summed E-state index contributed by atoms with van der Waals surface area (Å²) in [7, 11) is 0. The monoisotopic (exact) mass is 398 g/mol. The smallest absolute Gasteiger partial charge is 0.272 e. The minimum Gasteiger partial charge on any atom is -0.375 e. The molecule has 0 amide bonds. The van der Waals surface area contributed by atoms with Gasteiger partial charge in [0.2, 0.25) is 0 Å². The van der Waals surface area contributed by atoms with Crippen LogP contribution in [0.5, 0.6) is 0 Å². The van der Waals surface area contributed by atoms with Crippen molar-refractivity contribution in [3.63, 3.8) is 0 Å². The fourth-order valence-electron chi connectivity index (χ4n) is 3.86. The van der Waals surface area contributed by atoms with Crippen molar-refractivity contribution in [2.24, 2.45) is 0 Å². The summed E-state index contributed by atoms with van der Waals surface area (Å²) in [5, 5.41) is 14.4. The zero-order valence-corrected chi connectivity index (χ0v) is 14.9. The highest BCUT2D eigenvalue weighted by Crippen LogP contribution is 2.44. The number of rotatable bonds is 2. The van der Waals surface area contributed by atoms with E-state index >= 15 is 0 Å². The first-order valence-electron chi connectivity index (χ1n) is 8.73. The van der Waals surface area contributed by atoms with E-state index in [1.54, 1.807) is 6.92 Å². The van der Waals surface area contributed by atoms with E-state index in [1.165, 1.54) is 23.1 Å². The average Bonchev–Trinajstić information content (AvgIpc) is 3.09. The highest BCUT2D eigenvalue weighted by Gasteiger charge is 2.38. The normalized spacial score (nSPS) is 18.1. The second-order valence-corrected chi connectivity index (χ2v) is 6.80. The summed E-state index contributed by atoms with van der Waals surface area (Å²) in [5.74, 6) is -1.59. The van der Waals surface area contributed by atoms with Gasteiger partial charge in [-0.2, -0.15) is 10.2 Å². The molecule has 2 aromatic carbocycles. The maximum Gasteiger partial charge on any atom is 0.272 e. The first-order valence-corrected chi connectivity index (χ1v) is 8.73. The molecule has 2 unspecified atom stereocenters. The Hall–Kier alpha value is -3.69.